The molecule has 0 aliphatic heterocycles. The van der Waals surface area contributed by atoms with Crippen LogP contribution in [0, 0.1) is 18.3 Å². The summed E-state index contributed by atoms with van der Waals surface area (Å²) in [5.74, 6) is 1.69. The first-order chi connectivity index (χ1) is 5.16. The number of rotatable bonds is 6. The van der Waals surface area contributed by atoms with Gasteiger partial charge in [0.1, 0.15) is 0 Å². The van der Waals surface area contributed by atoms with Gasteiger partial charge in [0.25, 0.3) is 0 Å². The summed E-state index contributed by atoms with van der Waals surface area (Å²) in [5, 5.41) is 0. The molecular formula is C11H23-. The van der Waals surface area contributed by atoms with E-state index < -0.39 is 0 Å². The summed E-state index contributed by atoms with van der Waals surface area (Å²) < 4.78 is 0. The van der Waals surface area contributed by atoms with Gasteiger partial charge in [0, 0.05) is 0 Å². The second-order valence-electron chi connectivity index (χ2n) is 3.95. The van der Waals surface area contributed by atoms with Crippen molar-refractivity contribution in [2.24, 2.45) is 11.8 Å². The third kappa shape index (κ3) is 7.90. The van der Waals surface area contributed by atoms with Gasteiger partial charge in [0.05, 0.1) is 0 Å². The lowest BCUT2D eigenvalue weighted by molar-refractivity contribution is 0.474. The van der Waals surface area contributed by atoms with Crippen molar-refractivity contribution in [3.8, 4) is 0 Å². The van der Waals surface area contributed by atoms with Gasteiger partial charge >= 0.3 is 0 Å². The molecule has 0 amide bonds. The van der Waals surface area contributed by atoms with Crippen LogP contribution in [0.25, 0.3) is 0 Å². The van der Waals surface area contributed by atoms with Crippen LogP contribution in [0.2, 0.25) is 0 Å². The van der Waals surface area contributed by atoms with E-state index in [0.717, 1.165) is 11.8 Å². The lowest BCUT2D eigenvalue weighted by Gasteiger charge is -2.18. The van der Waals surface area contributed by atoms with Gasteiger partial charge in [-0.15, -0.1) is 0 Å². The van der Waals surface area contributed by atoms with Crippen molar-refractivity contribution in [3.63, 3.8) is 0 Å². The Labute approximate surface area is 72.4 Å². The molecule has 0 radical (unpaired) electrons. The van der Waals surface area contributed by atoms with Crippen LogP contribution in [0.3, 0.4) is 0 Å². The SMILES string of the molecule is CCCC(C)CC[CH-]C(C)C. The van der Waals surface area contributed by atoms with Crippen molar-refractivity contribution in [1.29, 1.82) is 0 Å². The Morgan fingerprint density at radius 3 is 2.18 bits per heavy atom. The molecule has 0 fully saturated rings. The molecule has 11 heavy (non-hydrogen) atoms. The van der Waals surface area contributed by atoms with Crippen LogP contribution in [-0.2, 0) is 0 Å². The van der Waals surface area contributed by atoms with Crippen LogP contribution in [0.15, 0.2) is 0 Å². The molecule has 0 saturated carbocycles. The molecule has 0 nitrogen and oxygen atoms in total. The summed E-state index contributed by atoms with van der Waals surface area (Å²) >= 11 is 0. The van der Waals surface area contributed by atoms with E-state index in [9.17, 15) is 0 Å². The summed E-state index contributed by atoms with van der Waals surface area (Å²) in [6.07, 6.45) is 7.84. The van der Waals surface area contributed by atoms with Crippen LogP contribution in [0.4, 0.5) is 0 Å². The molecule has 0 N–H and O–H groups in total. The molecule has 0 saturated heterocycles. The fourth-order valence-corrected chi connectivity index (χ4v) is 1.35. The fourth-order valence-electron chi connectivity index (χ4n) is 1.35. The first-order valence-electron chi connectivity index (χ1n) is 5.00. The minimum atomic E-state index is 0.767. The van der Waals surface area contributed by atoms with Crippen molar-refractivity contribution >= 4 is 0 Å². The van der Waals surface area contributed by atoms with E-state index in [0.29, 0.717) is 0 Å². The Hall–Kier alpha value is 0. The van der Waals surface area contributed by atoms with Gasteiger partial charge in [-0.2, -0.15) is 12.3 Å². The minimum absolute atomic E-state index is 0.767. The molecule has 0 rings (SSSR count). The van der Waals surface area contributed by atoms with Crippen molar-refractivity contribution in [1.82, 2.24) is 0 Å². The van der Waals surface area contributed by atoms with Gasteiger partial charge in [-0.3, -0.25) is 0 Å². The Kier molecular flexibility index (Phi) is 6.69. The van der Waals surface area contributed by atoms with Crippen molar-refractivity contribution in [2.75, 3.05) is 0 Å². The Morgan fingerprint density at radius 1 is 1.09 bits per heavy atom. The third-order valence-electron chi connectivity index (χ3n) is 2.08. The zero-order valence-electron chi connectivity index (χ0n) is 8.56. The fraction of sp³-hybridized carbons (Fsp3) is 0.909. The van der Waals surface area contributed by atoms with Crippen LogP contribution >= 0.6 is 0 Å². The molecule has 0 spiro atoms. The standard InChI is InChI=1S/C11H23/c1-5-7-11(4)9-6-8-10(2)3/h8,10-11H,5-7,9H2,1-4H3/q-1. The van der Waals surface area contributed by atoms with E-state index in [1.807, 2.05) is 0 Å². The van der Waals surface area contributed by atoms with E-state index >= 15 is 0 Å². The van der Waals surface area contributed by atoms with Gasteiger partial charge in [-0.05, 0) is 5.92 Å². The third-order valence-corrected chi connectivity index (χ3v) is 2.08. The maximum atomic E-state index is 2.42. The van der Waals surface area contributed by atoms with Gasteiger partial charge in [0.2, 0.25) is 0 Å². The van der Waals surface area contributed by atoms with Crippen molar-refractivity contribution < 1.29 is 0 Å². The zero-order valence-corrected chi connectivity index (χ0v) is 8.56. The van der Waals surface area contributed by atoms with Crippen molar-refractivity contribution in [3.05, 3.63) is 6.42 Å². The molecular weight excluding hydrogens is 132 g/mol. The molecule has 1 atom stereocenters. The molecule has 0 aliphatic rings. The molecule has 0 aromatic carbocycles. The summed E-state index contributed by atoms with van der Waals surface area (Å²) in [6.45, 7) is 9.13. The van der Waals surface area contributed by atoms with Gasteiger partial charge in [-0.25, -0.2) is 0 Å². The van der Waals surface area contributed by atoms with E-state index in [-0.39, 0.29) is 0 Å². The van der Waals surface area contributed by atoms with Crippen LogP contribution in [0.1, 0.15) is 53.4 Å². The maximum absolute atomic E-state index is 2.42. The van der Waals surface area contributed by atoms with Gasteiger partial charge in [0.15, 0.2) is 0 Å². The quantitative estimate of drug-likeness (QED) is 0.507. The predicted octanol–water partition coefficient (Wildman–Crippen LogP) is 4.06. The van der Waals surface area contributed by atoms with Gasteiger partial charge < -0.3 is 6.42 Å². The molecule has 0 aliphatic carbocycles. The average molecular weight is 155 g/mol. The Bertz CT molecular complexity index is 74.1. The minimum Gasteiger partial charge on any atom is -0.326 e. The first-order valence-corrected chi connectivity index (χ1v) is 5.00. The average Bonchev–Trinajstić information content (AvgIpc) is 1.87. The van der Waals surface area contributed by atoms with Crippen LogP contribution < -0.4 is 0 Å². The normalized spacial score (nSPS) is 13.9. The summed E-state index contributed by atoms with van der Waals surface area (Å²) in [7, 11) is 0. The molecule has 1 unspecified atom stereocenters. The molecule has 68 valence electrons. The van der Waals surface area contributed by atoms with E-state index in [1.165, 1.54) is 25.7 Å². The van der Waals surface area contributed by atoms with Crippen LogP contribution in [-0.4, -0.2) is 0 Å². The predicted molar refractivity (Wildman–Crippen MR) is 52.4 cm³/mol. The zero-order chi connectivity index (χ0) is 8.69. The maximum Gasteiger partial charge on any atom is -0.0467 e. The Balaban J connectivity index is 3.10. The number of hydrogen-bond acceptors (Lipinski definition) is 0. The highest BCUT2D eigenvalue weighted by atomic mass is 14.1. The van der Waals surface area contributed by atoms with Crippen molar-refractivity contribution in [2.45, 2.75) is 53.4 Å². The second kappa shape index (κ2) is 6.69. The lowest BCUT2D eigenvalue weighted by atomic mass is 9.96. The molecule has 0 heteroatoms. The van der Waals surface area contributed by atoms with Gasteiger partial charge in [-0.1, -0.05) is 47.0 Å². The monoisotopic (exact) mass is 155 g/mol. The van der Waals surface area contributed by atoms with E-state index in [1.54, 1.807) is 0 Å². The summed E-state index contributed by atoms with van der Waals surface area (Å²) in [6, 6.07) is 0. The molecule has 0 heterocycles. The highest BCUT2D eigenvalue weighted by Gasteiger charge is 1.96. The van der Waals surface area contributed by atoms with E-state index in [4.69, 9.17) is 0 Å². The smallest absolute Gasteiger partial charge is 0.0467 e. The molecule has 0 aromatic rings. The topological polar surface area (TPSA) is 0 Å². The number of hydrogen-bond donors (Lipinski definition) is 0. The van der Waals surface area contributed by atoms with Crippen LogP contribution in [0.5, 0.6) is 0 Å². The second-order valence-corrected chi connectivity index (χ2v) is 3.95. The molecule has 0 bridgehead atoms. The van der Waals surface area contributed by atoms with E-state index in [2.05, 4.69) is 34.1 Å². The lowest BCUT2D eigenvalue weighted by Crippen LogP contribution is -1.96. The first kappa shape index (κ1) is 11.0. The summed E-state index contributed by atoms with van der Waals surface area (Å²) in [4.78, 5) is 0. The highest BCUT2D eigenvalue weighted by molar-refractivity contribution is 4.69. The Morgan fingerprint density at radius 2 is 1.73 bits per heavy atom. The molecule has 0 aromatic heterocycles. The highest BCUT2D eigenvalue weighted by Crippen LogP contribution is 2.15. The summed E-state index contributed by atoms with van der Waals surface area (Å²) in [5.41, 5.74) is 0. The largest absolute Gasteiger partial charge is 0.326 e.